The van der Waals surface area contributed by atoms with E-state index in [1.807, 2.05) is 0 Å². The third kappa shape index (κ3) is 3.84. The second-order valence-electron chi connectivity index (χ2n) is 3.32. The van der Waals surface area contributed by atoms with Gasteiger partial charge in [0.1, 0.15) is 0 Å². The molecular formula is C10H13N3O2. The molecule has 0 aliphatic carbocycles. The highest BCUT2D eigenvalue weighted by Gasteiger charge is 2.08. The molecule has 1 heterocycles. The molecule has 0 aromatic carbocycles. The number of hydrogen-bond acceptors (Lipinski definition) is 4. The molecular weight excluding hydrogens is 194 g/mol. The summed E-state index contributed by atoms with van der Waals surface area (Å²) in [6.07, 6.45) is 4.13. The van der Waals surface area contributed by atoms with E-state index in [9.17, 15) is 9.70 Å². The van der Waals surface area contributed by atoms with Gasteiger partial charge in [-0.15, -0.1) is 4.91 Å². The summed E-state index contributed by atoms with van der Waals surface area (Å²) in [4.78, 5) is 25.3. The summed E-state index contributed by atoms with van der Waals surface area (Å²) in [7, 11) is 0. The highest BCUT2D eigenvalue weighted by atomic mass is 16.3. The van der Waals surface area contributed by atoms with Gasteiger partial charge >= 0.3 is 0 Å². The molecule has 1 aromatic rings. The Labute approximate surface area is 87.9 Å². The van der Waals surface area contributed by atoms with Gasteiger partial charge in [0.2, 0.25) is 0 Å². The van der Waals surface area contributed by atoms with Gasteiger partial charge in [-0.3, -0.25) is 15.2 Å². The largest absolute Gasteiger partial charge is 0.294 e. The molecule has 0 amide bonds. The van der Waals surface area contributed by atoms with Crippen molar-refractivity contribution in [1.29, 1.82) is 0 Å². The minimum Gasteiger partial charge on any atom is -0.294 e. The number of ketones is 1. The molecule has 1 unspecified atom stereocenters. The Kier molecular flexibility index (Phi) is 4.40. The van der Waals surface area contributed by atoms with Crippen LogP contribution in [-0.4, -0.2) is 16.8 Å². The van der Waals surface area contributed by atoms with Crippen LogP contribution < -0.4 is 5.43 Å². The summed E-state index contributed by atoms with van der Waals surface area (Å²) in [5.74, 6) is 0.0302. The molecule has 0 fully saturated rings. The number of hydrogen-bond donors (Lipinski definition) is 1. The van der Waals surface area contributed by atoms with Gasteiger partial charge < -0.3 is 0 Å². The van der Waals surface area contributed by atoms with E-state index < -0.39 is 0 Å². The first-order valence-corrected chi connectivity index (χ1v) is 4.75. The van der Waals surface area contributed by atoms with Crippen LogP contribution in [0.3, 0.4) is 0 Å². The minimum atomic E-state index is -0.0804. The lowest BCUT2D eigenvalue weighted by molar-refractivity contribution is 0.0976. The fourth-order valence-corrected chi connectivity index (χ4v) is 1.17. The Morgan fingerprint density at radius 1 is 1.67 bits per heavy atom. The average Bonchev–Trinajstić information content (AvgIpc) is 2.27. The molecule has 0 aliphatic heterocycles. The molecule has 1 aromatic heterocycles. The smallest absolute Gasteiger partial charge is 0.164 e. The molecule has 1 atom stereocenters. The minimum absolute atomic E-state index is 0.0302. The van der Waals surface area contributed by atoms with Gasteiger partial charge in [-0.05, 0) is 25.5 Å². The van der Waals surface area contributed by atoms with Gasteiger partial charge in [-0.25, -0.2) is 0 Å². The summed E-state index contributed by atoms with van der Waals surface area (Å²) >= 11 is 0. The topological polar surface area (TPSA) is 71.4 Å². The number of rotatable bonds is 6. The first kappa shape index (κ1) is 11.3. The first-order chi connectivity index (χ1) is 7.24. The highest BCUT2D eigenvalue weighted by molar-refractivity contribution is 5.95. The van der Waals surface area contributed by atoms with E-state index in [4.69, 9.17) is 0 Å². The van der Waals surface area contributed by atoms with Crippen LogP contribution >= 0.6 is 0 Å². The predicted octanol–water partition coefficient (Wildman–Crippen LogP) is 1.70. The van der Waals surface area contributed by atoms with Crippen LogP contribution in [0, 0.1) is 4.91 Å². The average molecular weight is 207 g/mol. The van der Waals surface area contributed by atoms with E-state index in [0.717, 1.165) is 0 Å². The Morgan fingerprint density at radius 2 is 2.47 bits per heavy atom. The van der Waals surface area contributed by atoms with Crippen LogP contribution in [0.4, 0.5) is 0 Å². The monoisotopic (exact) mass is 207 g/mol. The van der Waals surface area contributed by atoms with E-state index >= 15 is 0 Å². The molecule has 5 heteroatoms. The van der Waals surface area contributed by atoms with E-state index in [1.165, 1.54) is 0 Å². The summed E-state index contributed by atoms with van der Waals surface area (Å²) in [5.41, 5.74) is 2.95. The van der Waals surface area contributed by atoms with Crippen molar-refractivity contribution in [2.75, 3.05) is 0 Å². The van der Waals surface area contributed by atoms with Crippen molar-refractivity contribution in [1.82, 2.24) is 10.4 Å². The van der Waals surface area contributed by atoms with Crippen molar-refractivity contribution in [3.8, 4) is 0 Å². The van der Waals surface area contributed by atoms with Crippen LogP contribution in [0.1, 0.15) is 30.1 Å². The van der Waals surface area contributed by atoms with Crippen LogP contribution in [0.25, 0.3) is 0 Å². The van der Waals surface area contributed by atoms with Gasteiger partial charge in [0.25, 0.3) is 0 Å². The molecule has 0 saturated heterocycles. The number of carbonyl (C=O) groups excluding carboxylic acids is 1. The molecule has 0 aliphatic rings. The zero-order valence-electron chi connectivity index (χ0n) is 8.51. The fourth-order valence-electron chi connectivity index (χ4n) is 1.17. The lowest BCUT2D eigenvalue weighted by atomic mass is 10.1. The van der Waals surface area contributed by atoms with Crippen molar-refractivity contribution < 1.29 is 4.79 Å². The van der Waals surface area contributed by atoms with Crippen LogP contribution in [0.2, 0.25) is 0 Å². The number of aromatic nitrogens is 1. The Morgan fingerprint density at radius 3 is 3.07 bits per heavy atom. The molecule has 0 spiro atoms. The molecule has 15 heavy (non-hydrogen) atoms. The number of Topliss-reactive ketones (excluding diaryl/α,β-unsaturated/α-hetero) is 1. The molecule has 1 rings (SSSR count). The SMILES string of the molecule is CC(CCC(=O)c1cccnc1)NN=O. The molecule has 1 N–H and O–H groups in total. The van der Waals surface area contributed by atoms with Crippen LogP contribution in [0.15, 0.2) is 29.8 Å². The number of pyridine rings is 1. The van der Waals surface area contributed by atoms with Gasteiger partial charge in [0, 0.05) is 35.7 Å². The van der Waals surface area contributed by atoms with Crippen LogP contribution in [0.5, 0.6) is 0 Å². The van der Waals surface area contributed by atoms with E-state index in [0.29, 0.717) is 18.4 Å². The first-order valence-electron chi connectivity index (χ1n) is 4.75. The molecule has 0 radical (unpaired) electrons. The highest BCUT2D eigenvalue weighted by Crippen LogP contribution is 2.05. The maximum atomic E-state index is 11.6. The predicted molar refractivity (Wildman–Crippen MR) is 56.2 cm³/mol. The van der Waals surface area contributed by atoms with E-state index in [-0.39, 0.29) is 11.8 Å². The summed E-state index contributed by atoms with van der Waals surface area (Å²) < 4.78 is 0. The van der Waals surface area contributed by atoms with E-state index in [1.54, 1.807) is 31.5 Å². The van der Waals surface area contributed by atoms with Crippen molar-refractivity contribution in [2.45, 2.75) is 25.8 Å². The van der Waals surface area contributed by atoms with Crippen molar-refractivity contribution in [2.24, 2.45) is 5.29 Å². The molecule has 5 nitrogen and oxygen atoms in total. The number of nitroso groups, excluding NO2 is 1. The van der Waals surface area contributed by atoms with Gasteiger partial charge in [0.05, 0.1) is 0 Å². The Balaban J connectivity index is 2.40. The van der Waals surface area contributed by atoms with Crippen molar-refractivity contribution in [3.05, 3.63) is 35.0 Å². The number of nitrogens with zero attached hydrogens (tertiary/aromatic N) is 2. The lowest BCUT2D eigenvalue weighted by Gasteiger charge is -2.07. The second-order valence-corrected chi connectivity index (χ2v) is 3.32. The zero-order valence-corrected chi connectivity index (χ0v) is 8.51. The zero-order chi connectivity index (χ0) is 11.1. The summed E-state index contributed by atoms with van der Waals surface area (Å²) in [6.45, 7) is 1.80. The van der Waals surface area contributed by atoms with Crippen molar-refractivity contribution in [3.63, 3.8) is 0 Å². The summed E-state index contributed by atoms with van der Waals surface area (Å²) in [6, 6.07) is 3.37. The maximum Gasteiger partial charge on any atom is 0.164 e. The molecule has 0 saturated carbocycles. The summed E-state index contributed by atoms with van der Waals surface area (Å²) in [5, 5.41) is 2.56. The van der Waals surface area contributed by atoms with E-state index in [2.05, 4.69) is 15.7 Å². The normalized spacial score (nSPS) is 11.8. The maximum absolute atomic E-state index is 11.6. The Hall–Kier alpha value is -1.78. The number of carbonyl (C=O) groups is 1. The lowest BCUT2D eigenvalue weighted by Crippen LogP contribution is -2.20. The quantitative estimate of drug-likeness (QED) is 0.438. The molecule has 80 valence electrons. The van der Waals surface area contributed by atoms with Gasteiger partial charge in [0.15, 0.2) is 5.78 Å². The third-order valence-electron chi connectivity index (χ3n) is 2.06. The Bertz CT molecular complexity index is 327. The van der Waals surface area contributed by atoms with Gasteiger partial charge in [-0.2, -0.15) is 0 Å². The standard InChI is InChI=1S/C10H13N3O2/c1-8(12-13-15)4-5-10(14)9-3-2-6-11-7-9/h2-3,6-8H,4-5H2,1H3,(H,12,15). The molecule has 0 bridgehead atoms. The second kappa shape index (κ2) is 5.85. The van der Waals surface area contributed by atoms with Crippen LogP contribution in [-0.2, 0) is 0 Å². The number of nitrogens with one attached hydrogen (secondary N) is 1. The van der Waals surface area contributed by atoms with Gasteiger partial charge in [-0.1, -0.05) is 0 Å². The fraction of sp³-hybridized carbons (Fsp3) is 0.400. The third-order valence-corrected chi connectivity index (χ3v) is 2.06. The van der Waals surface area contributed by atoms with Crippen molar-refractivity contribution >= 4 is 5.78 Å².